The number of halogens is 3. The fourth-order valence-electron chi connectivity index (χ4n) is 1.89. The molecule has 1 unspecified atom stereocenters. The van der Waals surface area contributed by atoms with Gasteiger partial charge in [0.05, 0.1) is 10.6 Å². The molecule has 2 aromatic rings. The lowest BCUT2D eigenvalue weighted by Crippen LogP contribution is -2.49. The van der Waals surface area contributed by atoms with E-state index in [1.54, 1.807) is 24.3 Å². The van der Waals surface area contributed by atoms with E-state index in [9.17, 15) is 4.79 Å². The SMILES string of the molecule is O=C(NC(NCc1ccccc1)C(Cl)Cl)c1ccccc1Cl. The number of hydrogen-bond donors (Lipinski definition) is 2. The lowest BCUT2D eigenvalue weighted by atomic mass is 10.2. The summed E-state index contributed by atoms with van der Waals surface area (Å²) in [7, 11) is 0. The predicted molar refractivity (Wildman–Crippen MR) is 91.5 cm³/mol. The minimum absolute atomic E-state index is 0.331. The van der Waals surface area contributed by atoms with Gasteiger partial charge in [-0.25, -0.2) is 0 Å². The van der Waals surface area contributed by atoms with Gasteiger partial charge in [-0.2, -0.15) is 0 Å². The highest BCUT2D eigenvalue weighted by atomic mass is 35.5. The van der Waals surface area contributed by atoms with Gasteiger partial charge in [-0.1, -0.05) is 54.1 Å². The minimum Gasteiger partial charge on any atom is -0.334 e. The maximum Gasteiger partial charge on any atom is 0.254 e. The average Bonchev–Trinajstić information content (AvgIpc) is 2.52. The van der Waals surface area contributed by atoms with Crippen molar-refractivity contribution in [1.82, 2.24) is 10.6 Å². The summed E-state index contributed by atoms with van der Waals surface area (Å²) in [6.07, 6.45) is -0.590. The van der Waals surface area contributed by atoms with Crippen LogP contribution in [0.4, 0.5) is 0 Å². The van der Waals surface area contributed by atoms with Crippen molar-refractivity contribution in [1.29, 1.82) is 0 Å². The second-order valence-corrected chi connectivity index (χ2v) is 6.20. The van der Waals surface area contributed by atoms with E-state index >= 15 is 0 Å². The summed E-state index contributed by atoms with van der Waals surface area (Å²) in [5, 5.41) is 6.24. The molecule has 116 valence electrons. The van der Waals surface area contributed by atoms with Crippen molar-refractivity contribution in [2.24, 2.45) is 0 Å². The first-order chi connectivity index (χ1) is 10.6. The summed E-state index contributed by atoms with van der Waals surface area (Å²) in [6.45, 7) is 0.532. The van der Waals surface area contributed by atoms with E-state index in [0.717, 1.165) is 5.56 Å². The molecule has 0 aliphatic rings. The number of carbonyl (C=O) groups is 1. The molecule has 0 aliphatic carbocycles. The molecule has 0 saturated heterocycles. The first kappa shape index (κ1) is 17.1. The molecule has 0 heterocycles. The van der Waals surface area contributed by atoms with Gasteiger partial charge in [0.1, 0.15) is 11.0 Å². The number of benzene rings is 2. The molecule has 1 atom stereocenters. The molecule has 0 fully saturated rings. The Morgan fingerprint density at radius 2 is 1.64 bits per heavy atom. The highest BCUT2D eigenvalue weighted by Gasteiger charge is 2.20. The van der Waals surface area contributed by atoms with Crippen molar-refractivity contribution in [2.45, 2.75) is 17.5 Å². The molecular formula is C16H15Cl3N2O. The lowest BCUT2D eigenvalue weighted by molar-refractivity contribution is 0.0931. The van der Waals surface area contributed by atoms with Gasteiger partial charge in [0.15, 0.2) is 0 Å². The van der Waals surface area contributed by atoms with Gasteiger partial charge < -0.3 is 5.32 Å². The van der Waals surface area contributed by atoms with Crippen LogP contribution >= 0.6 is 34.8 Å². The van der Waals surface area contributed by atoms with Crippen molar-refractivity contribution in [3.8, 4) is 0 Å². The summed E-state index contributed by atoms with van der Waals surface area (Å²) >= 11 is 17.9. The van der Waals surface area contributed by atoms with Crippen molar-refractivity contribution < 1.29 is 4.79 Å². The van der Waals surface area contributed by atoms with Crippen molar-refractivity contribution in [2.75, 3.05) is 0 Å². The van der Waals surface area contributed by atoms with Crippen LogP contribution in [-0.2, 0) is 6.54 Å². The van der Waals surface area contributed by atoms with Crippen molar-refractivity contribution in [3.05, 3.63) is 70.7 Å². The molecule has 22 heavy (non-hydrogen) atoms. The number of hydrogen-bond acceptors (Lipinski definition) is 2. The Morgan fingerprint density at radius 1 is 1.00 bits per heavy atom. The zero-order valence-corrected chi connectivity index (χ0v) is 13.9. The summed E-state index contributed by atoms with van der Waals surface area (Å²) in [5.74, 6) is -0.331. The van der Waals surface area contributed by atoms with E-state index in [0.29, 0.717) is 17.1 Å². The number of carbonyl (C=O) groups excluding carboxylic acids is 1. The monoisotopic (exact) mass is 356 g/mol. The Bertz CT molecular complexity index is 620. The average molecular weight is 358 g/mol. The molecule has 0 radical (unpaired) electrons. The number of alkyl halides is 2. The summed E-state index contributed by atoms with van der Waals surface area (Å²) in [4.78, 5) is 11.4. The Morgan fingerprint density at radius 3 is 2.27 bits per heavy atom. The van der Waals surface area contributed by atoms with Crippen LogP contribution < -0.4 is 10.6 Å². The molecule has 1 amide bonds. The molecular weight excluding hydrogens is 343 g/mol. The standard InChI is InChI=1S/C16H15Cl3N2O/c17-13-9-5-4-8-12(13)16(22)21-15(14(18)19)20-10-11-6-2-1-3-7-11/h1-9,14-15,20H,10H2,(H,21,22). The Hall–Kier alpha value is -1.26. The molecule has 0 bridgehead atoms. The second-order valence-electron chi connectivity index (χ2n) is 4.63. The fraction of sp³-hybridized carbons (Fsp3) is 0.188. The summed E-state index contributed by atoms with van der Waals surface area (Å²) in [6, 6.07) is 16.6. The van der Waals surface area contributed by atoms with Gasteiger partial charge in [0.2, 0.25) is 0 Å². The lowest BCUT2D eigenvalue weighted by Gasteiger charge is -2.21. The smallest absolute Gasteiger partial charge is 0.254 e. The Balaban J connectivity index is 2.00. The first-order valence-electron chi connectivity index (χ1n) is 6.69. The van der Waals surface area contributed by atoms with Gasteiger partial charge in [-0.15, -0.1) is 23.2 Å². The molecule has 2 N–H and O–H groups in total. The molecule has 0 spiro atoms. The van der Waals surface area contributed by atoms with E-state index in [2.05, 4.69) is 10.6 Å². The minimum atomic E-state index is -0.796. The zero-order valence-electron chi connectivity index (χ0n) is 11.6. The molecule has 0 aliphatic heterocycles. The highest BCUT2D eigenvalue weighted by Crippen LogP contribution is 2.15. The molecule has 0 saturated carbocycles. The van der Waals surface area contributed by atoms with E-state index in [-0.39, 0.29) is 5.91 Å². The van der Waals surface area contributed by atoms with Gasteiger partial charge in [-0.3, -0.25) is 10.1 Å². The maximum absolute atomic E-state index is 12.2. The number of rotatable bonds is 6. The van der Waals surface area contributed by atoms with Crippen LogP contribution in [0.5, 0.6) is 0 Å². The molecule has 2 rings (SSSR count). The first-order valence-corrected chi connectivity index (χ1v) is 7.94. The van der Waals surface area contributed by atoms with Gasteiger partial charge >= 0.3 is 0 Å². The van der Waals surface area contributed by atoms with Gasteiger partial charge in [0, 0.05) is 6.54 Å². The maximum atomic E-state index is 12.2. The third-order valence-electron chi connectivity index (χ3n) is 3.03. The molecule has 3 nitrogen and oxygen atoms in total. The molecule has 6 heteroatoms. The van der Waals surface area contributed by atoms with E-state index in [4.69, 9.17) is 34.8 Å². The van der Waals surface area contributed by atoms with Gasteiger partial charge in [0.25, 0.3) is 5.91 Å². The molecule has 2 aromatic carbocycles. The van der Waals surface area contributed by atoms with Crippen LogP contribution in [-0.4, -0.2) is 16.9 Å². The largest absolute Gasteiger partial charge is 0.334 e. The van der Waals surface area contributed by atoms with Crippen LogP contribution in [0.25, 0.3) is 0 Å². The topological polar surface area (TPSA) is 41.1 Å². The van der Waals surface area contributed by atoms with Gasteiger partial charge in [-0.05, 0) is 17.7 Å². The third kappa shape index (κ3) is 4.89. The third-order valence-corrected chi connectivity index (χ3v) is 3.86. The van der Waals surface area contributed by atoms with Crippen molar-refractivity contribution >= 4 is 40.7 Å². The fourth-order valence-corrected chi connectivity index (χ4v) is 2.42. The highest BCUT2D eigenvalue weighted by molar-refractivity contribution is 6.44. The van der Waals surface area contributed by atoms with Crippen LogP contribution in [0.3, 0.4) is 0 Å². The van der Waals surface area contributed by atoms with E-state index in [1.165, 1.54) is 0 Å². The summed E-state index contributed by atoms with van der Waals surface area (Å²) < 4.78 is 0. The van der Waals surface area contributed by atoms with Crippen LogP contribution in [0, 0.1) is 0 Å². The normalized spacial score (nSPS) is 12.2. The van der Waals surface area contributed by atoms with Crippen molar-refractivity contribution in [3.63, 3.8) is 0 Å². The number of amides is 1. The van der Waals surface area contributed by atoms with E-state index in [1.807, 2.05) is 30.3 Å². The van der Waals surface area contributed by atoms with Crippen LogP contribution in [0.1, 0.15) is 15.9 Å². The zero-order chi connectivity index (χ0) is 15.9. The Labute approximate surface area is 144 Å². The second kappa shape index (κ2) is 8.39. The quantitative estimate of drug-likeness (QED) is 0.606. The Kier molecular flexibility index (Phi) is 6.52. The summed E-state index contributed by atoms with van der Waals surface area (Å²) in [5.41, 5.74) is 1.44. The van der Waals surface area contributed by atoms with Crippen LogP contribution in [0.15, 0.2) is 54.6 Å². The predicted octanol–water partition coefficient (Wildman–Crippen LogP) is 3.99. The van der Waals surface area contributed by atoms with Crippen LogP contribution in [0.2, 0.25) is 5.02 Å². The van der Waals surface area contributed by atoms with E-state index < -0.39 is 11.0 Å². The molecule has 0 aromatic heterocycles. The number of nitrogens with one attached hydrogen (secondary N) is 2.